The van der Waals surface area contributed by atoms with E-state index in [0.29, 0.717) is 24.1 Å². The topological polar surface area (TPSA) is 86.3 Å². The molecule has 0 rings (SSSR count). The van der Waals surface area contributed by atoms with Gasteiger partial charge in [0.2, 0.25) is 0 Å². The summed E-state index contributed by atoms with van der Waals surface area (Å²) in [5.74, 6) is -0.380. The molecule has 0 aromatic carbocycles. The van der Waals surface area contributed by atoms with E-state index in [9.17, 15) is 17.8 Å². The lowest BCUT2D eigenvalue weighted by molar-refractivity contribution is -0.882. The Morgan fingerprint density at radius 1 is 0.767 bits per heavy atom. The summed E-state index contributed by atoms with van der Waals surface area (Å²) in [6, 6.07) is 0. The molecule has 1 amide bonds. The van der Waals surface area contributed by atoms with Gasteiger partial charge in [-0.15, -0.1) is 0 Å². The molecule has 0 atom stereocenters. The Hall–Kier alpha value is -0.660. The van der Waals surface area contributed by atoms with Crippen molar-refractivity contribution in [2.75, 3.05) is 39.5 Å². The highest BCUT2D eigenvalue weighted by atomic mass is 32.2. The summed E-state index contributed by atoms with van der Waals surface area (Å²) in [6.07, 6.45) is 18.7. The summed E-state index contributed by atoms with van der Waals surface area (Å²) < 4.78 is 32.4. The van der Waals surface area contributed by atoms with Crippen molar-refractivity contribution in [2.45, 2.75) is 103 Å². The van der Waals surface area contributed by atoms with Crippen LogP contribution in [0.5, 0.6) is 0 Å². The Bertz CT molecular complexity index is 521. The molecule has 30 heavy (non-hydrogen) atoms. The van der Waals surface area contributed by atoms with Crippen molar-refractivity contribution in [3.05, 3.63) is 0 Å². The summed E-state index contributed by atoms with van der Waals surface area (Å²) >= 11 is 0. The first-order chi connectivity index (χ1) is 14.2. The molecule has 0 saturated carbocycles. The van der Waals surface area contributed by atoms with E-state index in [1.165, 1.54) is 77.0 Å². The monoisotopic (exact) mass is 448 g/mol. The van der Waals surface area contributed by atoms with E-state index in [0.717, 1.165) is 12.8 Å². The van der Waals surface area contributed by atoms with Gasteiger partial charge in [-0.05, 0) is 6.42 Å². The molecule has 0 radical (unpaired) electrons. The fraction of sp³-hybridized carbons (Fsp3) is 0.957. The molecule has 7 heteroatoms. The van der Waals surface area contributed by atoms with E-state index >= 15 is 0 Å². The Morgan fingerprint density at radius 3 is 1.63 bits per heavy atom. The highest BCUT2D eigenvalue weighted by molar-refractivity contribution is 7.85. The number of unbranched alkanes of at least 4 members (excludes halogenated alkanes) is 13. The van der Waals surface area contributed by atoms with Crippen molar-refractivity contribution >= 4 is 16.0 Å². The predicted octanol–water partition coefficient (Wildman–Crippen LogP) is 4.60. The normalized spacial score (nSPS) is 12.3. The molecule has 0 aliphatic rings. The fourth-order valence-corrected chi connectivity index (χ4v) is 4.22. The van der Waals surface area contributed by atoms with E-state index in [-0.39, 0.29) is 18.1 Å². The van der Waals surface area contributed by atoms with Crippen LogP contribution in [0.25, 0.3) is 0 Å². The van der Waals surface area contributed by atoms with Crippen LogP contribution in [-0.2, 0) is 14.9 Å². The van der Waals surface area contributed by atoms with E-state index in [1.807, 2.05) is 14.1 Å². The second-order valence-electron chi connectivity index (χ2n) is 9.38. The zero-order valence-electron chi connectivity index (χ0n) is 19.9. The lowest BCUT2D eigenvalue weighted by Crippen LogP contribution is -2.48. The predicted molar refractivity (Wildman–Crippen MR) is 124 cm³/mol. The van der Waals surface area contributed by atoms with Crippen molar-refractivity contribution in [1.82, 2.24) is 5.32 Å². The molecular weight excluding hydrogens is 400 g/mol. The van der Waals surface area contributed by atoms with Crippen LogP contribution in [0.4, 0.5) is 0 Å². The highest BCUT2D eigenvalue weighted by Crippen LogP contribution is 2.12. The second kappa shape index (κ2) is 18.0. The maximum Gasteiger partial charge on any atom is 0.275 e. The molecular formula is C23H48N2O4S. The van der Waals surface area contributed by atoms with Gasteiger partial charge in [0.1, 0.15) is 0 Å². The van der Waals surface area contributed by atoms with Crippen LogP contribution in [-0.4, -0.2) is 62.8 Å². The number of likely N-dealkylation sites (N-methyl/N-ethyl adjacent to an activating group) is 1. The average Bonchev–Trinajstić information content (AvgIpc) is 2.63. The van der Waals surface area contributed by atoms with Gasteiger partial charge in [0.25, 0.3) is 5.91 Å². The minimum atomic E-state index is -4.17. The van der Waals surface area contributed by atoms with Crippen molar-refractivity contribution in [1.29, 1.82) is 0 Å². The van der Waals surface area contributed by atoms with Crippen LogP contribution >= 0.6 is 0 Å². The zero-order valence-corrected chi connectivity index (χ0v) is 20.7. The molecule has 0 fully saturated rings. The van der Waals surface area contributed by atoms with Gasteiger partial charge < -0.3 is 14.4 Å². The van der Waals surface area contributed by atoms with Crippen LogP contribution in [0, 0.1) is 0 Å². The third-order valence-electron chi connectivity index (χ3n) is 5.58. The van der Waals surface area contributed by atoms with Crippen LogP contribution in [0.3, 0.4) is 0 Å². The zero-order chi connectivity index (χ0) is 22.7. The third-order valence-corrected chi connectivity index (χ3v) is 6.37. The minimum Gasteiger partial charge on any atom is -0.748 e. The lowest BCUT2D eigenvalue weighted by Gasteiger charge is -2.29. The van der Waals surface area contributed by atoms with Gasteiger partial charge in [-0.1, -0.05) is 90.4 Å². The summed E-state index contributed by atoms with van der Waals surface area (Å²) in [5, 5.41) is 2.95. The molecule has 6 nitrogen and oxygen atoms in total. The first-order valence-electron chi connectivity index (χ1n) is 12.2. The number of amides is 1. The Kier molecular flexibility index (Phi) is 17.6. The first kappa shape index (κ1) is 29.3. The van der Waals surface area contributed by atoms with E-state index < -0.39 is 10.1 Å². The molecule has 0 bridgehead atoms. The largest absolute Gasteiger partial charge is 0.748 e. The van der Waals surface area contributed by atoms with E-state index in [2.05, 4.69) is 12.2 Å². The quantitative estimate of drug-likeness (QED) is 0.158. The Labute approximate surface area is 186 Å². The lowest BCUT2D eigenvalue weighted by atomic mass is 10.0. The molecule has 0 heterocycles. The van der Waals surface area contributed by atoms with Crippen molar-refractivity contribution in [2.24, 2.45) is 0 Å². The number of hydrogen-bond acceptors (Lipinski definition) is 4. The average molecular weight is 449 g/mol. The van der Waals surface area contributed by atoms with E-state index in [4.69, 9.17) is 0 Å². The summed E-state index contributed by atoms with van der Waals surface area (Å²) in [7, 11) is -0.416. The Balaban J connectivity index is 3.46. The number of quaternary nitrogens is 1. The molecule has 0 aromatic heterocycles. The first-order valence-corrected chi connectivity index (χ1v) is 13.8. The minimum absolute atomic E-state index is 0.0142. The highest BCUT2D eigenvalue weighted by Gasteiger charge is 2.19. The number of carbonyl (C=O) groups is 1. The van der Waals surface area contributed by atoms with Gasteiger partial charge >= 0.3 is 0 Å². The fourth-order valence-electron chi connectivity index (χ4n) is 3.74. The number of carbonyl (C=O) groups excluding carboxylic acids is 1. The molecule has 0 aromatic rings. The van der Waals surface area contributed by atoms with Gasteiger partial charge in [0.05, 0.1) is 30.8 Å². The van der Waals surface area contributed by atoms with Crippen LogP contribution in [0.15, 0.2) is 0 Å². The number of rotatable bonds is 21. The standard InChI is InChI=1S/C23H48N2O4S/c1-4-5-6-7-8-9-10-11-12-13-14-15-16-17-19-24-23(26)22-25(2,3)20-18-21-30(27,28)29/h4-22H2,1-3H3,(H-,24,26,27,28,29). The summed E-state index contributed by atoms with van der Waals surface area (Å²) in [5.41, 5.74) is 0. The van der Waals surface area contributed by atoms with Crippen molar-refractivity contribution < 1.29 is 22.2 Å². The van der Waals surface area contributed by atoms with Gasteiger partial charge in [-0.2, -0.15) is 0 Å². The molecule has 0 saturated heterocycles. The molecule has 0 unspecified atom stereocenters. The van der Waals surface area contributed by atoms with Crippen LogP contribution in [0.1, 0.15) is 103 Å². The molecule has 0 aliphatic heterocycles. The molecule has 1 N–H and O–H groups in total. The Morgan fingerprint density at radius 2 is 1.20 bits per heavy atom. The third kappa shape index (κ3) is 22.0. The van der Waals surface area contributed by atoms with Crippen molar-refractivity contribution in [3.8, 4) is 0 Å². The van der Waals surface area contributed by atoms with E-state index in [1.54, 1.807) is 0 Å². The summed E-state index contributed by atoms with van der Waals surface area (Å²) in [6.45, 7) is 3.76. The van der Waals surface area contributed by atoms with Gasteiger partial charge in [-0.25, -0.2) is 8.42 Å². The number of hydrogen-bond donors (Lipinski definition) is 1. The molecule has 0 aliphatic carbocycles. The molecule has 180 valence electrons. The maximum absolute atomic E-state index is 12.0. The summed E-state index contributed by atoms with van der Waals surface area (Å²) in [4.78, 5) is 12.0. The van der Waals surface area contributed by atoms with Gasteiger partial charge in [0, 0.05) is 18.7 Å². The number of nitrogens with zero attached hydrogens (tertiary/aromatic N) is 1. The van der Waals surface area contributed by atoms with Crippen LogP contribution in [0.2, 0.25) is 0 Å². The van der Waals surface area contributed by atoms with Crippen molar-refractivity contribution in [3.63, 3.8) is 0 Å². The van der Waals surface area contributed by atoms with Gasteiger partial charge in [-0.3, -0.25) is 4.79 Å². The van der Waals surface area contributed by atoms with Crippen LogP contribution < -0.4 is 5.32 Å². The molecule has 0 spiro atoms. The SMILES string of the molecule is CCCCCCCCCCCCCCCCNC(=O)C[N+](C)(C)CCCS(=O)(=O)[O-]. The maximum atomic E-state index is 12.0. The second-order valence-corrected chi connectivity index (χ2v) is 10.9. The smallest absolute Gasteiger partial charge is 0.275 e. The number of nitrogens with one attached hydrogen (secondary N) is 1. The van der Waals surface area contributed by atoms with Gasteiger partial charge in [0.15, 0.2) is 6.54 Å².